The van der Waals surface area contributed by atoms with Crippen LogP contribution in [0.15, 0.2) is 22.7 Å². The van der Waals surface area contributed by atoms with E-state index in [0.717, 1.165) is 21.1 Å². The topological polar surface area (TPSA) is 17.8 Å². The van der Waals surface area contributed by atoms with Gasteiger partial charge < -0.3 is 0 Å². The van der Waals surface area contributed by atoms with Crippen LogP contribution < -0.4 is 0 Å². The maximum absolute atomic E-state index is 12.4. The third-order valence-electron chi connectivity index (χ3n) is 1.86. The van der Waals surface area contributed by atoms with Crippen LogP contribution in [0, 0.1) is 6.92 Å². The fraction of sp³-hybridized carbons (Fsp3) is 0.125. The number of aromatic nitrogens is 2. The second kappa shape index (κ2) is 3.31. The lowest BCUT2D eigenvalue weighted by Gasteiger charge is -1.94. The van der Waals surface area contributed by atoms with E-state index in [-0.39, 0.29) is 12.3 Å². The molecule has 0 saturated heterocycles. The molecule has 0 unspecified atom stereocenters. The molecule has 13 heavy (non-hydrogen) atoms. The molecule has 0 aliphatic carbocycles. The Morgan fingerprint density at radius 3 is 3.00 bits per heavy atom. The van der Waals surface area contributed by atoms with E-state index >= 15 is 0 Å². The Labute approximate surface area is 87.7 Å². The lowest BCUT2D eigenvalue weighted by molar-refractivity contribution is 0.881. The van der Waals surface area contributed by atoms with E-state index in [9.17, 15) is 3.89 Å². The number of fused-ring (bicyclic) bond motifs is 1. The smallest absolute Gasteiger partial charge is 0.176 e. The molecule has 1 aromatic heterocycles. The molecule has 0 spiro atoms. The van der Waals surface area contributed by atoms with Crippen LogP contribution in [0.3, 0.4) is 0 Å². The molecule has 1 aromatic carbocycles. The summed E-state index contributed by atoms with van der Waals surface area (Å²) in [6.07, 6.45) is 0. The van der Waals surface area contributed by atoms with Crippen molar-refractivity contribution in [1.82, 2.24) is 9.19 Å². The van der Waals surface area contributed by atoms with Gasteiger partial charge >= 0.3 is 0 Å². The minimum Gasteiger partial charge on any atom is -0.176 e. The van der Waals surface area contributed by atoms with Crippen molar-refractivity contribution in [3.63, 3.8) is 0 Å². The van der Waals surface area contributed by atoms with E-state index < -0.39 is 0 Å². The van der Waals surface area contributed by atoms with Crippen molar-refractivity contribution < 1.29 is 3.89 Å². The van der Waals surface area contributed by atoms with E-state index in [1.807, 2.05) is 25.1 Å². The predicted octanol–water partition coefficient (Wildman–Crippen LogP) is 3.49. The van der Waals surface area contributed by atoms with Crippen molar-refractivity contribution in [2.45, 2.75) is 6.92 Å². The van der Waals surface area contributed by atoms with Gasteiger partial charge in [-0.1, -0.05) is 15.9 Å². The summed E-state index contributed by atoms with van der Waals surface area (Å²) in [5.74, 6) is 0. The highest BCUT2D eigenvalue weighted by atomic mass is 79.9. The van der Waals surface area contributed by atoms with Gasteiger partial charge in [-0.15, -0.1) is 3.89 Å². The second-order valence-electron chi connectivity index (χ2n) is 2.69. The van der Waals surface area contributed by atoms with Crippen molar-refractivity contribution in [3.8, 4) is 0 Å². The van der Waals surface area contributed by atoms with Crippen molar-refractivity contribution in [3.05, 3.63) is 28.4 Å². The summed E-state index contributed by atoms with van der Waals surface area (Å²) in [6.45, 7) is 1.86. The van der Waals surface area contributed by atoms with Gasteiger partial charge in [0, 0.05) is 9.86 Å². The summed E-state index contributed by atoms with van der Waals surface area (Å²) in [6, 6.07) is 5.70. The third-order valence-corrected chi connectivity index (χ3v) is 2.76. The molecule has 0 aliphatic rings. The zero-order valence-electron chi connectivity index (χ0n) is 6.79. The summed E-state index contributed by atoms with van der Waals surface area (Å²) >= 11 is 3.44. The Balaban J connectivity index is 2.81. The number of nitrogens with zero attached hydrogens (tertiary/aromatic N) is 2. The minimum absolute atomic E-state index is 0.113. The Morgan fingerprint density at radius 1 is 1.54 bits per heavy atom. The zero-order valence-corrected chi connectivity index (χ0v) is 9.19. The number of aryl methyl sites for hydroxylation is 1. The quantitative estimate of drug-likeness (QED) is 0.782. The van der Waals surface area contributed by atoms with Gasteiger partial charge in [-0.2, -0.15) is 9.19 Å². The Bertz CT molecular complexity index is 455. The van der Waals surface area contributed by atoms with Gasteiger partial charge in [0.25, 0.3) is 0 Å². The first-order valence-corrected chi connectivity index (χ1v) is 5.13. The van der Waals surface area contributed by atoms with Gasteiger partial charge in [0.1, 0.15) is 0 Å². The van der Waals surface area contributed by atoms with Crippen LogP contribution in [-0.2, 0) is 0 Å². The third kappa shape index (κ3) is 1.46. The summed E-state index contributed by atoms with van der Waals surface area (Å²) in [4.78, 5) is 0. The molecule has 0 atom stereocenters. The minimum atomic E-state index is 0.113. The SMILES string of the molecule is Cc1nn(SF)c2cc(Br)ccc12. The number of hydrogen-bond acceptors (Lipinski definition) is 2. The zero-order chi connectivity index (χ0) is 9.42. The van der Waals surface area contributed by atoms with Gasteiger partial charge in [-0.05, 0) is 25.1 Å². The first-order chi connectivity index (χ1) is 6.22. The van der Waals surface area contributed by atoms with Gasteiger partial charge in [0.05, 0.1) is 11.2 Å². The number of halogens is 2. The maximum Gasteiger partial charge on any atom is 0.188 e. The van der Waals surface area contributed by atoms with Crippen molar-refractivity contribution in [1.29, 1.82) is 0 Å². The molecule has 0 N–H and O–H groups in total. The molecule has 68 valence electrons. The molecule has 2 aromatic rings. The average molecular weight is 261 g/mol. The Kier molecular flexibility index (Phi) is 2.29. The highest BCUT2D eigenvalue weighted by Gasteiger charge is 2.07. The van der Waals surface area contributed by atoms with E-state index in [1.54, 1.807) is 0 Å². The molecule has 2 nitrogen and oxygen atoms in total. The lowest BCUT2D eigenvalue weighted by atomic mass is 10.2. The predicted molar refractivity (Wildman–Crippen MR) is 56.3 cm³/mol. The van der Waals surface area contributed by atoms with Crippen LogP contribution in [0.1, 0.15) is 5.69 Å². The van der Waals surface area contributed by atoms with Crippen LogP contribution in [0.2, 0.25) is 0 Å². The van der Waals surface area contributed by atoms with Crippen LogP contribution in [0.5, 0.6) is 0 Å². The van der Waals surface area contributed by atoms with Gasteiger partial charge in [0.15, 0.2) is 12.3 Å². The first kappa shape index (κ1) is 9.02. The van der Waals surface area contributed by atoms with Crippen molar-refractivity contribution in [2.75, 3.05) is 0 Å². The van der Waals surface area contributed by atoms with Crippen LogP contribution in [0.25, 0.3) is 10.9 Å². The normalized spacial score (nSPS) is 11.0. The Morgan fingerprint density at radius 2 is 2.31 bits per heavy atom. The van der Waals surface area contributed by atoms with Crippen molar-refractivity contribution in [2.24, 2.45) is 0 Å². The van der Waals surface area contributed by atoms with E-state index in [4.69, 9.17) is 0 Å². The van der Waals surface area contributed by atoms with Crippen LogP contribution in [0.4, 0.5) is 3.89 Å². The number of rotatable bonds is 1. The number of benzene rings is 1. The van der Waals surface area contributed by atoms with Gasteiger partial charge in [-0.3, -0.25) is 0 Å². The van der Waals surface area contributed by atoms with E-state index in [0.29, 0.717) is 0 Å². The first-order valence-electron chi connectivity index (χ1n) is 3.66. The Hall–Kier alpha value is -0.550. The molecular formula is C8H6BrFN2S. The van der Waals surface area contributed by atoms with Crippen molar-refractivity contribution >= 4 is 39.2 Å². The molecule has 5 heteroatoms. The summed E-state index contributed by atoms with van der Waals surface area (Å²) in [7, 11) is 0. The standard InChI is InChI=1S/C8H6BrFN2S/c1-5-7-3-2-6(9)4-8(7)12(11-5)13-10/h2-4H,1H3. The summed E-state index contributed by atoms with van der Waals surface area (Å²) in [5, 5.41) is 5.01. The van der Waals surface area contributed by atoms with Crippen LogP contribution >= 0.6 is 28.3 Å². The molecule has 0 fully saturated rings. The van der Waals surface area contributed by atoms with Crippen LogP contribution in [-0.4, -0.2) is 9.19 Å². The summed E-state index contributed by atoms with van der Waals surface area (Å²) < 4.78 is 14.6. The fourth-order valence-corrected chi connectivity index (χ4v) is 1.99. The molecule has 0 amide bonds. The molecule has 1 heterocycles. The second-order valence-corrected chi connectivity index (χ2v) is 4.09. The van der Waals surface area contributed by atoms with E-state index in [2.05, 4.69) is 21.0 Å². The molecule has 0 saturated carbocycles. The highest BCUT2D eigenvalue weighted by molar-refractivity contribution is 9.10. The van der Waals surface area contributed by atoms with Gasteiger partial charge in [-0.25, -0.2) is 0 Å². The highest BCUT2D eigenvalue weighted by Crippen LogP contribution is 2.25. The van der Waals surface area contributed by atoms with Gasteiger partial charge in [0.2, 0.25) is 0 Å². The number of hydrogen-bond donors (Lipinski definition) is 0. The average Bonchev–Trinajstić information content (AvgIpc) is 2.42. The largest absolute Gasteiger partial charge is 0.188 e. The molecule has 0 aliphatic heterocycles. The maximum atomic E-state index is 12.4. The monoisotopic (exact) mass is 260 g/mol. The lowest BCUT2D eigenvalue weighted by Crippen LogP contribution is -1.84. The summed E-state index contributed by atoms with van der Waals surface area (Å²) in [5.41, 5.74) is 1.63. The molecule has 0 radical (unpaired) electrons. The molecular weight excluding hydrogens is 255 g/mol. The van der Waals surface area contributed by atoms with E-state index in [1.165, 1.54) is 4.09 Å². The fourth-order valence-electron chi connectivity index (χ4n) is 1.27. The molecule has 0 bridgehead atoms. The molecule has 2 rings (SSSR count).